The maximum absolute atomic E-state index is 13.4. The van der Waals surface area contributed by atoms with E-state index in [-0.39, 0.29) is 17.9 Å². The van der Waals surface area contributed by atoms with E-state index < -0.39 is 18.4 Å². The number of carbonyl (C=O) groups excluding carboxylic acids is 1. The SMILES string of the molecule is Cc1ccc(N2CC(O)(c3cccc(OC(F)F)c3)N(c3ccc(Cl)cc3)C2=O)cc1. The molecule has 2 amide bonds. The molecule has 3 aromatic rings. The average Bonchev–Trinajstić information content (AvgIpc) is 3.01. The van der Waals surface area contributed by atoms with Gasteiger partial charge >= 0.3 is 12.6 Å². The number of carbonyl (C=O) groups is 1. The van der Waals surface area contributed by atoms with E-state index in [4.69, 9.17) is 11.6 Å². The van der Waals surface area contributed by atoms with Gasteiger partial charge in [-0.2, -0.15) is 8.78 Å². The highest BCUT2D eigenvalue weighted by molar-refractivity contribution is 6.30. The predicted octanol–water partition coefficient (Wildman–Crippen LogP) is 5.54. The van der Waals surface area contributed by atoms with Crippen LogP contribution in [0.4, 0.5) is 25.0 Å². The lowest BCUT2D eigenvalue weighted by molar-refractivity contribution is -0.0501. The third kappa shape index (κ3) is 4.06. The van der Waals surface area contributed by atoms with Crippen LogP contribution in [0, 0.1) is 6.92 Å². The van der Waals surface area contributed by atoms with Gasteiger partial charge in [-0.05, 0) is 55.5 Å². The number of hydrogen-bond donors (Lipinski definition) is 1. The molecule has 31 heavy (non-hydrogen) atoms. The van der Waals surface area contributed by atoms with Crippen LogP contribution in [-0.2, 0) is 5.72 Å². The highest BCUT2D eigenvalue weighted by atomic mass is 35.5. The Morgan fingerprint density at radius 2 is 1.68 bits per heavy atom. The van der Waals surface area contributed by atoms with Gasteiger partial charge in [0.15, 0.2) is 5.72 Å². The first-order valence-corrected chi connectivity index (χ1v) is 9.87. The molecule has 0 bridgehead atoms. The molecule has 160 valence electrons. The van der Waals surface area contributed by atoms with Gasteiger partial charge in [0.2, 0.25) is 0 Å². The number of halogens is 3. The molecule has 1 N–H and O–H groups in total. The molecule has 1 unspecified atom stereocenters. The molecular formula is C23H19ClF2N2O3. The number of β-amino-alcohol motifs (C(OH)–C–C–N with tert-alkyl or cyclic N) is 1. The first kappa shape index (κ1) is 21.1. The number of hydrogen-bond acceptors (Lipinski definition) is 3. The van der Waals surface area contributed by atoms with Crippen LogP contribution in [0.25, 0.3) is 0 Å². The number of urea groups is 1. The largest absolute Gasteiger partial charge is 0.435 e. The lowest BCUT2D eigenvalue weighted by Crippen LogP contribution is -2.44. The van der Waals surface area contributed by atoms with Crippen molar-refractivity contribution in [3.63, 3.8) is 0 Å². The van der Waals surface area contributed by atoms with E-state index >= 15 is 0 Å². The van der Waals surface area contributed by atoms with E-state index in [2.05, 4.69) is 4.74 Å². The molecule has 4 rings (SSSR count). The van der Waals surface area contributed by atoms with Gasteiger partial charge in [-0.3, -0.25) is 9.80 Å². The Morgan fingerprint density at radius 1 is 1.03 bits per heavy atom. The second kappa shape index (κ2) is 8.17. The highest BCUT2D eigenvalue weighted by Gasteiger charge is 2.51. The van der Waals surface area contributed by atoms with Crippen molar-refractivity contribution in [3.05, 3.63) is 88.9 Å². The molecule has 1 aliphatic heterocycles. The van der Waals surface area contributed by atoms with E-state index in [0.717, 1.165) is 5.56 Å². The van der Waals surface area contributed by atoms with Crippen molar-refractivity contribution < 1.29 is 23.4 Å². The number of benzene rings is 3. The molecule has 0 aromatic heterocycles. The fourth-order valence-corrected chi connectivity index (χ4v) is 3.75. The Morgan fingerprint density at radius 3 is 2.32 bits per heavy atom. The van der Waals surface area contributed by atoms with Crippen molar-refractivity contribution in [2.75, 3.05) is 16.3 Å². The molecule has 0 spiro atoms. The molecule has 5 nitrogen and oxygen atoms in total. The van der Waals surface area contributed by atoms with Crippen molar-refractivity contribution in [1.82, 2.24) is 0 Å². The van der Waals surface area contributed by atoms with Crippen LogP contribution in [0.5, 0.6) is 5.75 Å². The Kier molecular flexibility index (Phi) is 5.56. The number of amides is 2. The fourth-order valence-electron chi connectivity index (χ4n) is 3.62. The van der Waals surface area contributed by atoms with Gasteiger partial charge in [0.25, 0.3) is 0 Å². The molecular weight excluding hydrogens is 426 g/mol. The monoisotopic (exact) mass is 444 g/mol. The molecule has 0 radical (unpaired) electrons. The quantitative estimate of drug-likeness (QED) is 0.562. The minimum atomic E-state index is -3.01. The first-order valence-electron chi connectivity index (χ1n) is 9.49. The zero-order chi connectivity index (χ0) is 22.2. The van der Waals surface area contributed by atoms with Gasteiger partial charge in [0.1, 0.15) is 5.75 Å². The number of alkyl halides is 2. The van der Waals surface area contributed by atoms with Gasteiger partial charge in [0.05, 0.1) is 6.54 Å². The van der Waals surface area contributed by atoms with E-state index in [1.165, 1.54) is 28.0 Å². The molecule has 1 heterocycles. The minimum Gasteiger partial charge on any atom is -0.435 e. The summed E-state index contributed by atoms with van der Waals surface area (Å²) in [6, 6.07) is 19.0. The molecule has 0 saturated carbocycles. The summed E-state index contributed by atoms with van der Waals surface area (Å²) in [6.45, 7) is -1.19. The Balaban J connectivity index is 1.81. The summed E-state index contributed by atoms with van der Waals surface area (Å²) in [5, 5.41) is 12.2. The number of anilines is 2. The summed E-state index contributed by atoms with van der Waals surface area (Å²) in [6.07, 6.45) is 0. The van der Waals surface area contributed by atoms with Crippen molar-refractivity contribution in [2.45, 2.75) is 19.3 Å². The number of aliphatic hydroxyl groups is 1. The van der Waals surface area contributed by atoms with Gasteiger partial charge in [-0.15, -0.1) is 0 Å². The Hall–Kier alpha value is -3.16. The smallest absolute Gasteiger partial charge is 0.387 e. The molecule has 1 atom stereocenters. The maximum Gasteiger partial charge on any atom is 0.387 e. The van der Waals surface area contributed by atoms with E-state index in [0.29, 0.717) is 16.4 Å². The van der Waals surface area contributed by atoms with Gasteiger partial charge in [-0.25, -0.2) is 4.79 Å². The van der Waals surface area contributed by atoms with E-state index in [9.17, 15) is 18.7 Å². The van der Waals surface area contributed by atoms with Gasteiger partial charge in [0, 0.05) is 22.0 Å². The summed E-state index contributed by atoms with van der Waals surface area (Å²) in [5.41, 5.74) is 0.440. The third-order valence-corrected chi connectivity index (χ3v) is 5.37. The fraction of sp³-hybridized carbons (Fsp3) is 0.174. The third-order valence-electron chi connectivity index (χ3n) is 5.12. The average molecular weight is 445 g/mol. The number of rotatable bonds is 5. The number of aryl methyl sites for hydroxylation is 1. The Labute approximate surface area is 183 Å². The maximum atomic E-state index is 13.4. The summed E-state index contributed by atoms with van der Waals surface area (Å²) in [4.78, 5) is 16.1. The van der Waals surface area contributed by atoms with Crippen LogP contribution >= 0.6 is 11.6 Å². The number of nitrogens with zero attached hydrogens (tertiary/aromatic N) is 2. The second-order valence-electron chi connectivity index (χ2n) is 7.24. The van der Waals surface area contributed by atoms with Crippen molar-refractivity contribution in [1.29, 1.82) is 0 Å². The highest BCUT2D eigenvalue weighted by Crippen LogP contribution is 2.41. The van der Waals surface area contributed by atoms with Crippen LogP contribution < -0.4 is 14.5 Å². The summed E-state index contributed by atoms with van der Waals surface area (Å²) in [7, 11) is 0. The predicted molar refractivity (Wildman–Crippen MR) is 115 cm³/mol. The topological polar surface area (TPSA) is 53.0 Å². The molecule has 8 heteroatoms. The van der Waals surface area contributed by atoms with Crippen molar-refractivity contribution in [3.8, 4) is 5.75 Å². The summed E-state index contributed by atoms with van der Waals surface area (Å²) >= 11 is 5.99. The minimum absolute atomic E-state index is 0.113. The van der Waals surface area contributed by atoms with Crippen molar-refractivity contribution >= 4 is 29.0 Å². The van der Waals surface area contributed by atoms with Crippen LogP contribution in [0.15, 0.2) is 72.8 Å². The zero-order valence-corrected chi connectivity index (χ0v) is 17.3. The van der Waals surface area contributed by atoms with Gasteiger partial charge < -0.3 is 9.84 Å². The lowest BCUT2D eigenvalue weighted by Gasteiger charge is -2.32. The standard InChI is InChI=1S/C23H19ClF2N2O3/c1-15-5-9-18(10-6-15)27-14-23(30,16-3-2-4-20(13-16)31-21(25)26)28(22(27)29)19-11-7-17(24)8-12-19/h2-13,21,30H,14H2,1H3. The summed E-state index contributed by atoms with van der Waals surface area (Å²) in [5.74, 6) is -0.113. The molecule has 1 aliphatic rings. The van der Waals surface area contributed by atoms with Gasteiger partial charge in [-0.1, -0.05) is 41.4 Å². The Bertz CT molecular complexity index is 1090. The van der Waals surface area contributed by atoms with E-state index in [1.807, 2.05) is 19.1 Å². The van der Waals surface area contributed by atoms with E-state index in [1.54, 1.807) is 42.5 Å². The number of ether oxygens (including phenoxy) is 1. The normalized spacial score (nSPS) is 18.7. The zero-order valence-electron chi connectivity index (χ0n) is 16.5. The van der Waals surface area contributed by atoms with Crippen LogP contribution in [0.3, 0.4) is 0 Å². The first-order chi connectivity index (χ1) is 14.8. The van der Waals surface area contributed by atoms with Crippen molar-refractivity contribution in [2.24, 2.45) is 0 Å². The van der Waals surface area contributed by atoms with Crippen LogP contribution in [-0.4, -0.2) is 24.3 Å². The van der Waals surface area contributed by atoms with Crippen LogP contribution in [0.2, 0.25) is 5.02 Å². The lowest BCUT2D eigenvalue weighted by atomic mass is 10.0. The molecule has 1 fully saturated rings. The molecule has 3 aromatic carbocycles. The van der Waals surface area contributed by atoms with Crippen LogP contribution in [0.1, 0.15) is 11.1 Å². The second-order valence-corrected chi connectivity index (χ2v) is 7.68. The molecule has 1 saturated heterocycles. The molecule has 0 aliphatic carbocycles. The summed E-state index contributed by atoms with van der Waals surface area (Å²) < 4.78 is 29.9.